The van der Waals surface area contributed by atoms with Crippen molar-refractivity contribution in [3.05, 3.63) is 29.8 Å². The molecule has 0 aliphatic heterocycles. The van der Waals surface area contributed by atoms with Crippen molar-refractivity contribution in [1.29, 1.82) is 0 Å². The summed E-state index contributed by atoms with van der Waals surface area (Å²) in [5.74, 6) is 4.48. The molecule has 1 aromatic rings. The second-order valence-corrected chi connectivity index (χ2v) is 3.56. The number of nitrogens with one attached hydrogen (secondary N) is 1. The molecule has 0 saturated carbocycles. The fourth-order valence-electron chi connectivity index (χ4n) is 1.34. The maximum absolute atomic E-state index is 11.3. The highest BCUT2D eigenvalue weighted by Crippen LogP contribution is 2.13. The topological polar surface area (TPSA) is 88.0 Å². The second kappa shape index (κ2) is 8.32. The van der Waals surface area contributed by atoms with Gasteiger partial charge in [0.05, 0.1) is 12.3 Å². The Labute approximate surface area is 116 Å². The number of carbonyl (C=O) groups excluding carboxylic acids is 2. The predicted molar refractivity (Wildman–Crippen MR) is 73.5 cm³/mol. The minimum absolute atomic E-state index is 0.0196. The number of hydrogen-bond acceptors (Lipinski definition) is 5. The third-order valence-electron chi connectivity index (χ3n) is 2.12. The standard InChI is InChI=1S/C14H14N2O4/c1-2-20-14(18)9-5-7-11-6-3-4-8-12(11)16-13(17)10-15-19/h3-4,6,8,10,19H,2,9H2,1H3,(H,16,17). The molecule has 0 bridgehead atoms. The Morgan fingerprint density at radius 2 is 2.20 bits per heavy atom. The summed E-state index contributed by atoms with van der Waals surface area (Å²) in [5.41, 5.74) is 1.02. The van der Waals surface area contributed by atoms with E-state index in [-0.39, 0.29) is 6.42 Å². The van der Waals surface area contributed by atoms with E-state index in [1.165, 1.54) is 0 Å². The molecule has 0 aliphatic rings. The minimum atomic E-state index is -0.577. The van der Waals surface area contributed by atoms with Crippen LogP contribution in [0.4, 0.5) is 5.69 Å². The molecule has 1 rings (SSSR count). The van der Waals surface area contributed by atoms with Crippen molar-refractivity contribution in [3.8, 4) is 11.8 Å². The lowest BCUT2D eigenvalue weighted by molar-refractivity contribution is -0.141. The lowest BCUT2D eigenvalue weighted by Crippen LogP contribution is -2.13. The van der Waals surface area contributed by atoms with Crippen molar-refractivity contribution in [2.75, 3.05) is 11.9 Å². The molecule has 0 aromatic heterocycles. The number of esters is 1. The molecule has 0 fully saturated rings. The molecule has 0 heterocycles. The van der Waals surface area contributed by atoms with Gasteiger partial charge in [0.2, 0.25) is 0 Å². The zero-order valence-electron chi connectivity index (χ0n) is 10.9. The summed E-state index contributed by atoms with van der Waals surface area (Å²) in [6.07, 6.45) is 0.719. The molecule has 1 amide bonds. The molecule has 0 aliphatic carbocycles. The first kappa shape index (κ1) is 15.2. The SMILES string of the molecule is CCOC(=O)CC#Cc1ccccc1NC(=O)C=NO. The molecule has 0 unspecified atom stereocenters. The van der Waals surface area contributed by atoms with Crippen LogP contribution in [-0.4, -0.2) is 29.9 Å². The van der Waals surface area contributed by atoms with Crippen LogP contribution in [0.5, 0.6) is 0 Å². The molecule has 0 radical (unpaired) electrons. The first-order valence-electron chi connectivity index (χ1n) is 5.89. The van der Waals surface area contributed by atoms with Crippen molar-refractivity contribution < 1.29 is 19.5 Å². The Morgan fingerprint density at radius 3 is 2.90 bits per heavy atom. The van der Waals surface area contributed by atoms with Crippen LogP contribution >= 0.6 is 0 Å². The molecule has 0 atom stereocenters. The van der Waals surface area contributed by atoms with Crippen LogP contribution < -0.4 is 5.32 Å². The van der Waals surface area contributed by atoms with Gasteiger partial charge in [0.25, 0.3) is 5.91 Å². The van der Waals surface area contributed by atoms with E-state index in [2.05, 4.69) is 22.3 Å². The van der Waals surface area contributed by atoms with Crippen molar-refractivity contribution in [1.82, 2.24) is 0 Å². The summed E-state index contributed by atoms with van der Waals surface area (Å²) in [6, 6.07) is 6.83. The summed E-state index contributed by atoms with van der Waals surface area (Å²) < 4.78 is 4.75. The zero-order valence-corrected chi connectivity index (χ0v) is 10.9. The summed E-state index contributed by atoms with van der Waals surface area (Å²) in [4.78, 5) is 22.4. The van der Waals surface area contributed by atoms with Crippen molar-refractivity contribution in [2.45, 2.75) is 13.3 Å². The highest BCUT2D eigenvalue weighted by molar-refractivity contribution is 6.31. The monoisotopic (exact) mass is 274 g/mol. The van der Waals surface area contributed by atoms with Gasteiger partial charge in [0.1, 0.15) is 12.6 Å². The largest absolute Gasteiger partial charge is 0.465 e. The van der Waals surface area contributed by atoms with Gasteiger partial charge < -0.3 is 15.3 Å². The van der Waals surface area contributed by atoms with Crippen molar-refractivity contribution in [2.24, 2.45) is 5.16 Å². The fraction of sp³-hybridized carbons (Fsp3) is 0.214. The summed E-state index contributed by atoms with van der Waals surface area (Å²) in [7, 11) is 0. The van der Waals surface area contributed by atoms with E-state index in [9.17, 15) is 9.59 Å². The van der Waals surface area contributed by atoms with Crippen LogP contribution in [0.3, 0.4) is 0 Å². The molecule has 2 N–H and O–H groups in total. The molecule has 0 spiro atoms. The van der Waals surface area contributed by atoms with Gasteiger partial charge in [-0.1, -0.05) is 29.1 Å². The van der Waals surface area contributed by atoms with Crippen molar-refractivity contribution in [3.63, 3.8) is 0 Å². The lowest BCUT2D eigenvalue weighted by atomic mass is 10.1. The average molecular weight is 274 g/mol. The Kier molecular flexibility index (Phi) is 6.34. The number of amides is 1. The van der Waals surface area contributed by atoms with Crippen LogP contribution in [0.25, 0.3) is 0 Å². The van der Waals surface area contributed by atoms with Gasteiger partial charge in [-0.3, -0.25) is 9.59 Å². The fourth-order valence-corrected chi connectivity index (χ4v) is 1.34. The number of hydrogen-bond donors (Lipinski definition) is 2. The number of nitrogens with zero attached hydrogens (tertiary/aromatic N) is 1. The lowest BCUT2D eigenvalue weighted by Gasteiger charge is -2.03. The van der Waals surface area contributed by atoms with Crippen LogP contribution in [0.15, 0.2) is 29.4 Å². The highest BCUT2D eigenvalue weighted by atomic mass is 16.5. The zero-order chi connectivity index (χ0) is 14.8. The number of anilines is 1. The quantitative estimate of drug-likeness (QED) is 0.285. The number of rotatable bonds is 4. The van der Waals surface area contributed by atoms with E-state index in [4.69, 9.17) is 9.94 Å². The molecule has 20 heavy (non-hydrogen) atoms. The van der Waals surface area contributed by atoms with E-state index in [0.717, 1.165) is 6.21 Å². The number of oxime groups is 1. The van der Waals surface area contributed by atoms with Gasteiger partial charge >= 0.3 is 5.97 Å². The van der Waals surface area contributed by atoms with Gasteiger partial charge in [-0.15, -0.1) is 0 Å². The number of benzene rings is 1. The molecule has 0 saturated heterocycles. The van der Waals surface area contributed by atoms with E-state index >= 15 is 0 Å². The second-order valence-electron chi connectivity index (χ2n) is 3.56. The maximum atomic E-state index is 11.3. The Hall–Kier alpha value is -2.81. The minimum Gasteiger partial charge on any atom is -0.465 e. The van der Waals surface area contributed by atoms with E-state index in [0.29, 0.717) is 17.9 Å². The Morgan fingerprint density at radius 1 is 1.45 bits per heavy atom. The summed E-state index contributed by atoms with van der Waals surface area (Å²) in [6.45, 7) is 2.03. The molecular formula is C14H14N2O4. The van der Waals surface area contributed by atoms with Gasteiger partial charge in [-0.05, 0) is 19.1 Å². The highest BCUT2D eigenvalue weighted by Gasteiger charge is 2.03. The van der Waals surface area contributed by atoms with Gasteiger partial charge in [0, 0.05) is 5.56 Å². The average Bonchev–Trinajstić information content (AvgIpc) is 2.41. The third kappa shape index (κ3) is 5.23. The molecular weight excluding hydrogens is 260 g/mol. The normalized spacial score (nSPS) is 9.65. The Balaban J connectivity index is 2.78. The van der Waals surface area contributed by atoms with Crippen LogP contribution in [-0.2, 0) is 14.3 Å². The van der Waals surface area contributed by atoms with E-state index in [1.807, 2.05) is 0 Å². The van der Waals surface area contributed by atoms with Crippen LogP contribution in [0.2, 0.25) is 0 Å². The van der Waals surface area contributed by atoms with Crippen LogP contribution in [0, 0.1) is 11.8 Å². The smallest absolute Gasteiger partial charge is 0.317 e. The number of carbonyl (C=O) groups is 2. The predicted octanol–water partition coefficient (Wildman–Crippen LogP) is 1.39. The summed E-state index contributed by atoms with van der Waals surface area (Å²) in [5, 5.41) is 13.4. The molecule has 6 nitrogen and oxygen atoms in total. The van der Waals surface area contributed by atoms with Gasteiger partial charge in [-0.25, -0.2) is 0 Å². The first-order valence-corrected chi connectivity index (χ1v) is 5.89. The van der Waals surface area contributed by atoms with Gasteiger partial charge in [-0.2, -0.15) is 0 Å². The molecule has 1 aromatic carbocycles. The van der Waals surface area contributed by atoms with E-state index < -0.39 is 11.9 Å². The summed E-state index contributed by atoms with van der Waals surface area (Å²) >= 11 is 0. The van der Waals surface area contributed by atoms with Crippen LogP contribution in [0.1, 0.15) is 18.9 Å². The molecule has 104 valence electrons. The number of para-hydroxylation sites is 1. The van der Waals surface area contributed by atoms with E-state index in [1.54, 1.807) is 31.2 Å². The maximum Gasteiger partial charge on any atom is 0.317 e. The van der Waals surface area contributed by atoms with Crippen molar-refractivity contribution >= 4 is 23.8 Å². The third-order valence-corrected chi connectivity index (χ3v) is 2.12. The number of ether oxygens (including phenoxy) is 1. The Bertz CT molecular complexity index is 570. The first-order chi connectivity index (χ1) is 9.67. The van der Waals surface area contributed by atoms with Gasteiger partial charge in [0.15, 0.2) is 0 Å². The molecule has 6 heteroatoms.